The van der Waals surface area contributed by atoms with Gasteiger partial charge in [0.1, 0.15) is 17.5 Å². The van der Waals surface area contributed by atoms with Gasteiger partial charge in [-0.15, -0.1) is 0 Å². The normalized spacial score (nSPS) is 10.5. The van der Waals surface area contributed by atoms with Crippen LogP contribution in [0.4, 0.5) is 11.6 Å². The summed E-state index contributed by atoms with van der Waals surface area (Å²) in [6, 6.07) is 3.87. The smallest absolute Gasteiger partial charge is 0.135 e. The van der Waals surface area contributed by atoms with Crippen molar-refractivity contribution in [1.82, 2.24) is 9.97 Å². The van der Waals surface area contributed by atoms with E-state index in [0.717, 1.165) is 11.6 Å². The van der Waals surface area contributed by atoms with Crippen LogP contribution >= 0.6 is 0 Å². The summed E-state index contributed by atoms with van der Waals surface area (Å²) < 4.78 is 5.08. The number of nitriles is 1. The first-order valence-electron chi connectivity index (χ1n) is 6.33. The molecule has 0 saturated heterocycles. The van der Waals surface area contributed by atoms with Crippen molar-refractivity contribution in [3.8, 4) is 6.07 Å². The molecule has 0 atom stereocenters. The molecule has 0 radical (unpaired) electrons. The lowest BCUT2D eigenvalue weighted by Gasteiger charge is -2.23. The highest BCUT2D eigenvalue weighted by Crippen LogP contribution is 2.18. The standard InChI is InChI=1S/C13H21N5O/c1-10(2)13-16-11(15)9-12(17-13)18(6-4-5-14)7-8-19-3/h9-10H,4,6-8H2,1-3H3,(H2,15,16,17). The highest BCUT2D eigenvalue weighted by Gasteiger charge is 2.12. The fraction of sp³-hybridized carbons (Fsp3) is 0.615. The predicted molar refractivity (Wildman–Crippen MR) is 74.9 cm³/mol. The van der Waals surface area contributed by atoms with E-state index in [1.54, 1.807) is 13.2 Å². The molecule has 0 fully saturated rings. The Morgan fingerprint density at radius 2 is 2.16 bits per heavy atom. The van der Waals surface area contributed by atoms with Gasteiger partial charge in [0.2, 0.25) is 0 Å². The number of rotatable bonds is 7. The van der Waals surface area contributed by atoms with Crippen molar-refractivity contribution in [3.05, 3.63) is 11.9 Å². The third kappa shape index (κ3) is 4.72. The summed E-state index contributed by atoms with van der Waals surface area (Å²) in [5, 5.41) is 8.72. The number of hydrogen-bond acceptors (Lipinski definition) is 6. The molecule has 1 aromatic rings. The molecule has 1 rings (SSSR count). The lowest BCUT2D eigenvalue weighted by atomic mass is 10.2. The predicted octanol–water partition coefficient (Wildman–Crippen LogP) is 1.55. The average molecular weight is 263 g/mol. The Bertz CT molecular complexity index is 441. The van der Waals surface area contributed by atoms with E-state index in [1.807, 2.05) is 18.7 Å². The number of hydrogen-bond donors (Lipinski definition) is 1. The second kappa shape index (κ2) is 7.54. The fourth-order valence-corrected chi connectivity index (χ4v) is 1.62. The number of aromatic nitrogens is 2. The molecule has 19 heavy (non-hydrogen) atoms. The lowest BCUT2D eigenvalue weighted by Crippen LogP contribution is -2.29. The molecular weight excluding hydrogens is 242 g/mol. The third-order valence-electron chi connectivity index (χ3n) is 2.65. The molecule has 6 heteroatoms. The summed E-state index contributed by atoms with van der Waals surface area (Å²) in [7, 11) is 1.65. The van der Waals surface area contributed by atoms with E-state index in [1.165, 1.54) is 0 Å². The van der Waals surface area contributed by atoms with Gasteiger partial charge in [-0.25, -0.2) is 9.97 Å². The number of nitrogens with two attached hydrogens (primary N) is 1. The van der Waals surface area contributed by atoms with Gasteiger partial charge in [-0.1, -0.05) is 13.8 Å². The fourth-order valence-electron chi connectivity index (χ4n) is 1.62. The first kappa shape index (κ1) is 15.2. The van der Waals surface area contributed by atoms with E-state index in [0.29, 0.717) is 31.9 Å². The molecule has 0 aliphatic carbocycles. The maximum absolute atomic E-state index is 8.72. The lowest BCUT2D eigenvalue weighted by molar-refractivity contribution is 0.205. The van der Waals surface area contributed by atoms with Crippen molar-refractivity contribution >= 4 is 11.6 Å². The van der Waals surface area contributed by atoms with Gasteiger partial charge < -0.3 is 15.4 Å². The van der Waals surface area contributed by atoms with Gasteiger partial charge in [-0.05, 0) is 0 Å². The molecule has 0 amide bonds. The maximum Gasteiger partial charge on any atom is 0.135 e. The largest absolute Gasteiger partial charge is 0.384 e. The van der Waals surface area contributed by atoms with Crippen LogP contribution in [0.1, 0.15) is 32.0 Å². The Balaban J connectivity index is 2.96. The maximum atomic E-state index is 8.72. The molecule has 0 aromatic carbocycles. The van der Waals surface area contributed by atoms with Gasteiger partial charge in [0, 0.05) is 32.2 Å². The average Bonchev–Trinajstić information content (AvgIpc) is 2.38. The van der Waals surface area contributed by atoms with Gasteiger partial charge in [0.25, 0.3) is 0 Å². The van der Waals surface area contributed by atoms with Gasteiger partial charge in [0.05, 0.1) is 19.1 Å². The van der Waals surface area contributed by atoms with Crippen LogP contribution in [0.5, 0.6) is 0 Å². The van der Waals surface area contributed by atoms with Crippen molar-refractivity contribution in [2.24, 2.45) is 0 Å². The second-order valence-corrected chi connectivity index (χ2v) is 4.55. The minimum Gasteiger partial charge on any atom is -0.384 e. The molecule has 1 aromatic heterocycles. The SMILES string of the molecule is COCCN(CCC#N)c1cc(N)nc(C(C)C)n1. The van der Waals surface area contributed by atoms with Gasteiger partial charge in [-0.2, -0.15) is 5.26 Å². The van der Waals surface area contributed by atoms with Crippen LogP contribution in [0.2, 0.25) is 0 Å². The van der Waals surface area contributed by atoms with Gasteiger partial charge in [-0.3, -0.25) is 0 Å². The zero-order chi connectivity index (χ0) is 14.3. The summed E-state index contributed by atoms with van der Waals surface area (Å²) in [6.45, 7) is 5.90. The first-order valence-corrected chi connectivity index (χ1v) is 6.33. The molecule has 0 saturated carbocycles. The monoisotopic (exact) mass is 263 g/mol. The summed E-state index contributed by atoms with van der Waals surface area (Å²) >= 11 is 0. The van der Waals surface area contributed by atoms with Gasteiger partial charge in [0.15, 0.2) is 0 Å². The summed E-state index contributed by atoms with van der Waals surface area (Å²) in [6.07, 6.45) is 0.435. The van der Waals surface area contributed by atoms with E-state index >= 15 is 0 Å². The van der Waals surface area contributed by atoms with Crippen molar-refractivity contribution in [3.63, 3.8) is 0 Å². The summed E-state index contributed by atoms with van der Waals surface area (Å²) in [5.41, 5.74) is 5.82. The van der Waals surface area contributed by atoms with Crippen molar-refractivity contribution in [2.45, 2.75) is 26.2 Å². The zero-order valence-electron chi connectivity index (χ0n) is 11.8. The van der Waals surface area contributed by atoms with Crippen molar-refractivity contribution in [2.75, 3.05) is 37.4 Å². The molecule has 0 spiro atoms. The first-order chi connectivity index (χ1) is 9.08. The van der Waals surface area contributed by atoms with Crippen LogP contribution < -0.4 is 10.6 Å². The number of methoxy groups -OCH3 is 1. The van der Waals surface area contributed by atoms with Crippen molar-refractivity contribution in [1.29, 1.82) is 5.26 Å². The summed E-state index contributed by atoms with van der Waals surface area (Å²) in [5.74, 6) is 2.13. The highest BCUT2D eigenvalue weighted by atomic mass is 16.5. The van der Waals surface area contributed by atoms with Crippen LogP contribution in [0.15, 0.2) is 6.07 Å². The van der Waals surface area contributed by atoms with Gasteiger partial charge >= 0.3 is 0 Å². The zero-order valence-corrected chi connectivity index (χ0v) is 11.8. The topological polar surface area (TPSA) is 88.1 Å². The van der Waals surface area contributed by atoms with Crippen LogP contribution in [0.3, 0.4) is 0 Å². The molecule has 0 unspecified atom stereocenters. The molecule has 104 valence electrons. The Kier molecular flexibility index (Phi) is 6.03. The highest BCUT2D eigenvalue weighted by molar-refractivity contribution is 5.47. The molecule has 6 nitrogen and oxygen atoms in total. The number of ether oxygens (including phenoxy) is 1. The van der Waals surface area contributed by atoms with Crippen LogP contribution in [0, 0.1) is 11.3 Å². The Hall–Kier alpha value is -1.87. The van der Waals surface area contributed by atoms with Crippen molar-refractivity contribution < 1.29 is 4.74 Å². The molecule has 2 N–H and O–H groups in total. The molecule has 0 bridgehead atoms. The van der Waals surface area contributed by atoms with E-state index < -0.39 is 0 Å². The minimum absolute atomic E-state index is 0.211. The Labute approximate surface area is 114 Å². The van der Waals surface area contributed by atoms with E-state index in [4.69, 9.17) is 15.7 Å². The van der Waals surface area contributed by atoms with E-state index in [9.17, 15) is 0 Å². The summed E-state index contributed by atoms with van der Waals surface area (Å²) in [4.78, 5) is 10.7. The number of nitrogens with zero attached hydrogens (tertiary/aromatic N) is 4. The second-order valence-electron chi connectivity index (χ2n) is 4.55. The number of nitrogen functional groups attached to an aromatic ring is 1. The third-order valence-corrected chi connectivity index (χ3v) is 2.65. The van der Waals surface area contributed by atoms with E-state index in [2.05, 4.69) is 16.0 Å². The Morgan fingerprint density at radius 3 is 2.74 bits per heavy atom. The molecule has 1 heterocycles. The molecular formula is C13H21N5O. The Morgan fingerprint density at radius 1 is 1.42 bits per heavy atom. The van der Waals surface area contributed by atoms with Crippen LogP contribution in [-0.4, -0.2) is 36.8 Å². The number of anilines is 2. The molecule has 0 aliphatic heterocycles. The molecule has 0 aliphatic rings. The van der Waals surface area contributed by atoms with Crippen LogP contribution in [0.25, 0.3) is 0 Å². The van der Waals surface area contributed by atoms with Crippen LogP contribution in [-0.2, 0) is 4.74 Å². The van der Waals surface area contributed by atoms with E-state index in [-0.39, 0.29) is 5.92 Å². The minimum atomic E-state index is 0.211. The quantitative estimate of drug-likeness (QED) is 0.803.